The first-order chi connectivity index (χ1) is 23.0. The first-order valence-corrected chi connectivity index (χ1v) is 18.3. The molecule has 0 aliphatic heterocycles. The molecule has 5 aromatic rings. The number of aryl methyl sites for hydroxylation is 1. The number of aliphatic hydroxyl groups excluding tert-OH is 1. The minimum atomic E-state index is -0.0964. The number of pyridine rings is 1. The van der Waals surface area contributed by atoms with Gasteiger partial charge in [0.15, 0.2) is 5.78 Å². The number of carbonyl (C=O) groups excluding carboxylic acids is 1. The molecule has 49 heavy (non-hydrogen) atoms. The van der Waals surface area contributed by atoms with E-state index in [1.165, 1.54) is 16.3 Å². The van der Waals surface area contributed by atoms with Crippen LogP contribution in [-0.4, -0.2) is 25.8 Å². The second-order valence-corrected chi connectivity index (χ2v) is 16.3. The van der Waals surface area contributed by atoms with Crippen LogP contribution in [0, 0.1) is 30.2 Å². The smallest absolute Gasteiger partial charge is 0.162 e. The van der Waals surface area contributed by atoms with Crippen molar-refractivity contribution in [2.75, 3.05) is 0 Å². The first kappa shape index (κ1) is 38.8. The molecule has 265 valence electrons. The third-order valence-corrected chi connectivity index (χ3v) is 10.1. The van der Waals surface area contributed by atoms with Crippen LogP contribution in [-0.2, 0) is 36.7 Å². The molecule has 7 heteroatoms. The Balaban J connectivity index is 0.000000361. The van der Waals surface area contributed by atoms with Gasteiger partial charge in [-0.3, -0.25) is 14.8 Å². The Morgan fingerprint density at radius 1 is 0.939 bits per heavy atom. The van der Waals surface area contributed by atoms with E-state index in [1.807, 2.05) is 40.7 Å². The molecule has 5 rings (SSSR count). The number of nitrogens with zero attached hydrogens (tertiary/aromatic N) is 3. The van der Waals surface area contributed by atoms with E-state index in [9.17, 15) is 9.90 Å². The molecule has 0 unspecified atom stereocenters. The molecular formula is C42H54IrN3O2S-. The predicted octanol–water partition coefficient (Wildman–Crippen LogP) is 11.9. The van der Waals surface area contributed by atoms with Gasteiger partial charge in [0.25, 0.3) is 0 Å². The summed E-state index contributed by atoms with van der Waals surface area (Å²) < 4.78 is 10.6. The summed E-state index contributed by atoms with van der Waals surface area (Å²) in [5, 5.41) is 11.8. The molecule has 0 amide bonds. The predicted molar refractivity (Wildman–Crippen MR) is 205 cm³/mol. The maximum Gasteiger partial charge on any atom is 0.162 e. The molecule has 1 radical (unpaired) electrons. The number of hydrogen-bond donors (Lipinski definition) is 1. The largest absolute Gasteiger partial charge is 0.512 e. The number of fused-ring (bicyclic) bond motifs is 4. The van der Waals surface area contributed by atoms with Gasteiger partial charge in [-0.25, -0.2) is 4.98 Å². The Labute approximate surface area is 312 Å². The molecule has 1 N–H and O–H groups in total. The number of benzene rings is 2. The van der Waals surface area contributed by atoms with E-state index in [0.717, 1.165) is 81.1 Å². The Morgan fingerprint density at radius 3 is 2.18 bits per heavy atom. The molecule has 0 atom stereocenters. The normalized spacial score (nSPS) is 12.8. The Hall–Kier alpha value is -2.99. The number of carbonyl (C=O) groups is 1. The van der Waals surface area contributed by atoms with Crippen molar-refractivity contribution in [1.82, 2.24) is 15.0 Å². The van der Waals surface area contributed by atoms with Crippen LogP contribution >= 0.6 is 11.3 Å². The number of aromatic nitrogens is 3. The minimum Gasteiger partial charge on any atom is -0.512 e. The minimum absolute atomic E-state index is 0. The van der Waals surface area contributed by atoms with Crippen LogP contribution in [0.4, 0.5) is 0 Å². The molecule has 2 aromatic carbocycles. The number of allylic oxidation sites excluding steroid dienone is 2. The van der Waals surface area contributed by atoms with E-state index in [-0.39, 0.29) is 60.6 Å². The fourth-order valence-electron chi connectivity index (χ4n) is 6.22. The standard InChI is InChI=1S/C29H30N3S.C13H24O2.Ir/c1-17-8-10-19-13-20(14-22(24(19)32-17)29(5,6)7)25-27-26(31-16-30-25)21-11-9-18(12-23(21)33-27)15-28(2,3)4;1-5-10(6-2)12(14)9-13(15)11(7-3)8-4;/h8-12,14,16H,15H2,1-7H3;9-11,14H,5-8H2,1-4H3;/q-1;;/b;12-9-;/i16D;;. The zero-order chi connectivity index (χ0) is 36.3. The molecule has 3 aromatic heterocycles. The van der Waals surface area contributed by atoms with E-state index in [0.29, 0.717) is 0 Å². The van der Waals surface area contributed by atoms with Gasteiger partial charge in [-0.05, 0) is 61.5 Å². The van der Waals surface area contributed by atoms with E-state index in [2.05, 4.69) is 87.9 Å². The number of rotatable bonds is 9. The second-order valence-electron chi connectivity index (χ2n) is 15.2. The third kappa shape index (κ3) is 9.83. The van der Waals surface area contributed by atoms with Gasteiger partial charge in [0.2, 0.25) is 0 Å². The molecule has 0 bridgehead atoms. The molecule has 0 saturated carbocycles. The SMILES string of the molecule is CCC(CC)C(=O)/C=C(\O)C(CC)CC.[2H]c1nc(-c2[c-]c3ccc(C)nc3c(C(C)(C)C)c2)c2sc3cc(CC(C)(C)C)ccc3c2n1.[Ir]. The van der Waals surface area contributed by atoms with Crippen LogP contribution in [0.15, 0.2) is 54.5 Å². The van der Waals surface area contributed by atoms with Crippen LogP contribution in [0.3, 0.4) is 0 Å². The van der Waals surface area contributed by atoms with Crippen molar-refractivity contribution in [1.29, 1.82) is 0 Å². The van der Waals surface area contributed by atoms with Gasteiger partial charge in [-0.1, -0.05) is 104 Å². The van der Waals surface area contributed by atoms with Crippen LogP contribution in [0.2, 0.25) is 0 Å². The van der Waals surface area contributed by atoms with E-state index < -0.39 is 0 Å². The summed E-state index contributed by atoms with van der Waals surface area (Å²) in [5.41, 5.74) is 7.11. The van der Waals surface area contributed by atoms with E-state index in [4.69, 9.17) is 6.35 Å². The van der Waals surface area contributed by atoms with Crippen molar-refractivity contribution >= 4 is 48.3 Å². The summed E-state index contributed by atoms with van der Waals surface area (Å²) >= 11 is 1.71. The zero-order valence-corrected chi connectivity index (χ0v) is 34.4. The summed E-state index contributed by atoms with van der Waals surface area (Å²) in [5.74, 6) is 0.547. The van der Waals surface area contributed by atoms with Crippen molar-refractivity contribution in [3.8, 4) is 11.3 Å². The molecule has 5 nitrogen and oxygen atoms in total. The maximum absolute atomic E-state index is 11.7. The van der Waals surface area contributed by atoms with Crippen molar-refractivity contribution < 1.29 is 31.4 Å². The summed E-state index contributed by atoms with van der Waals surface area (Å²) in [6.07, 6.45) is 5.96. The van der Waals surface area contributed by atoms with Crippen molar-refractivity contribution in [2.24, 2.45) is 17.3 Å². The fourth-order valence-corrected chi connectivity index (χ4v) is 7.42. The van der Waals surface area contributed by atoms with Gasteiger partial charge in [0.1, 0.15) is 7.67 Å². The molecular weight excluding hydrogens is 803 g/mol. The van der Waals surface area contributed by atoms with Gasteiger partial charge in [0, 0.05) is 69.7 Å². The van der Waals surface area contributed by atoms with Gasteiger partial charge in [0.05, 0.1) is 11.3 Å². The second kappa shape index (κ2) is 16.8. The van der Waals surface area contributed by atoms with Gasteiger partial charge in [-0.15, -0.1) is 29.5 Å². The van der Waals surface area contributed by atoms with E-state index in [1.54, 1.807) is 11.3 Å². The zero-order valence-electron chi connectivity index (χ0n) is 32.2. The molecule has 0 fully saturated rings. The van der Waals surface area contributed by atoms with Gasteiger partial charge >= 0.3 is 0 Å². The van der Waals surface area contributed by atoms with Crippen LogP contribution < -0.4 is 0 Å². The maximum atomic E-state index is 11.7. The van der Waals surface area contributed by atoms with Crippen molar-refractivity contribution in [3.63, 3.8) is 0 Å². The summed E-state index contributed by atoms with van der Waals surface area (Å²) in [6.45, 7) is 23.5. The summed E-state index contributed by atoms with van der Waals surface area (Å²) in [7, 11) is 0. The van der Waals surface area contributed by atoms with Crippen LogP contribution in [0.5, 0.6) is 0 Å². The number of hydrogen-bond acceptors (Lipinski definition) is 6. The van der Waals surface area contributed by atoms with Gasteiger partial charge < -0.3 is 5.11 Å². The summed E-state index contributed by atoms with van der Waals surface area (Å²) in [6, 6.07) is 16.5. The Bertz CT molecular complexity index is 1980. The average Bonchev–Trinajstić information content (AvgIpc) is 3.37. The Kier molecular flexibility index (Phi) is 13.3. The fraction of sp³-hybridized carbons (Fsp3) is 0.476. The molecule has 3 heterocycles. The molecule has 0 aliphatic carbocycles. The number of thiophene rings is 1. The third-order valence-electron chi connectivity index (χ3n) is 8.99. The molecule has 0 aliphatic rings. The summed E-state index contributed by atoms with van der Waals surface area (Å²) in [4.78, 5) is 25.7. The van der Waals surface area contributed by atoms with Crippen LogP contribution in [0.1, 0.15) is 113 Å². The van der Waals surface area contributed by atoms with Crippen molar-refractivity contribution in [2.45, 2.75) is 114 Å². The number of ketones is 1. The van der Waals surface area contributed by atoms with Gasteiger partial charge in [-0.2, -0.15) is 0 Å². The van der Waals surface area contributed by atoms with Crippen LogP contribution in [0.25, 0.3) is 42.5 Å². The van der Waals surface area contributed by atoms with Crippen molar-refractivity contribution in [3.05, 3.63) is 77.4 Å². The molecule has 0 spiro atoms. The average molecular weight is 858 g/mol. The van der Waals surface area contributed by atoms with E-state index >= 15 is 0 Å². The Morgan fingerprint density at radius 2 is 1.59 bits per heavy atom. The molecule has 0 saturated heterocycles. The first-order valence-electron chi connectivity index (χ1n) is 18.0. The number of aliphatic hydroxyl groups is 1. The monoisotopic (exact) mass is 858 g/mol. The topological polar surface area (TPSA) is 76.0 Å². The quantitative estimate of drug-likeness (QED) is 0.0908.